The Kier molecular flexibility index (Phi) is 1.91. The van der Waals surface area contributed by atoms with E-state index in [1.54, 1.807) is 0 Å². The molecule has 0 spiro atoms. The quantitative estimate of drug-likeness (QED) is 0.561. The van der Waals surface area contributed by atoms with E-state index in [0.717, 1.165) is 5.56 Å². The second-order valence-corrected chi connectivity index (χ2v) is 4.15. The summed E-state index contributed by atoms with van der Waals surface area (Å²) in [5.41, 5.74) is 1.74. The summed E-state index contributed by atoms with van der Waals surface area (Å²) < 4.78 is 11.0. The van der Waals surface area contributed by atoms with E-state index in [0.29, 0.717) is 0 Å². The Labute approximate surface area is 93.7 Å². The van der Waals surface area contributed by atoms with Gasteiger partial charge in [-0.2, -0.15) is 0 Å². The number of rotatable bonds is 2. The van der Waals surface area contributed by atoms with Gasteiger partial charge in [-0.05, 0) is 17.2 Å². The Hall–Kier alpha value is -1.61. The fraction of sp³-hybridized carbons (Fsp3) is 0.308. The van der Waals surface area contributed by atoms with Gasteiger partial charge in [-0.25, -0.2) is 0 Å². The van der Waals surface area contributed by atoms with Crippen LogP contribution in [0.3, 0.4) is 0 Å². The number of carbonyl (C=O) groups is 1. The van der Waals surface area contributed by atoms with E-state index in [1.165, 1.54) is 12.5 Å². The molecular weight excluding hydrogens is 204 g/mol. The molecule has 2 aliphatic heterocycles. The Morgan fingerprint density at radius 1 is 1.50 bits per heavy atom. The van der Waals surface area contributed by atoms with Gasteiger partial charge in [-0.1, -0.05) is 30.3 Å². The van der Waals surface area contributed by atoms with Gasteiger partial charge in [0.1, 0.15) is 18.3 Å². The van der Waals surface area contributed by atoms with Crippen molar-refractivity contribution in [2.75, 3.05) is 6.61 Å². The molecule has 0 saturated heterocycles. The maximum absolute atomic E-state index is 10.9. The molecule has 0 N–H and O–H groups in total. The van der Waals surface area contributed by atoms with Gasteiger partial charge in [0.15, 0.2) is 0 Å². The number of hydrogen-bond donors (Lipinski definition) is 0. The van der Waals surface area contributed by atoms with Crippen LogP contribution in [0.1, 0.15) is 24.2 Å². The lowest BCUT2D eigenvalue weighted by Crippen LogP contribution is -2.28. The van der Waals surface area contributed by atoms with Crippen molar-refractivity contribution in [3.05, 3.63) is 47.5 Å². The van der Waals surface area contributed by atoms with Crippen molar-refractivity contribution in [2.24, 2.45) is 0 Å². The van der Waals surface area contributed by atoms with E-state index in [1.807, 2.05) is 30.4 Å². The molecule has 82 valence electrons. The smallest absolute Gasteiger partial charge is 0.302 e. The first-order valence-electron chi connectivity index (χ1n) is 5.31. The molecule has 0 aliphatic carbocycles. The minimum absolute atomic E-state index is 0.0201. The van der Waals surface area contributed by atoms with Gasteiger partial charge in [0.05, 0.1) is 0 Å². The van der Waals surface area contributed by atoms with Crippen LogP contribution in [-0.2, 0) is 19.9 Å². The van der Waals surface area contributed by atoms with Gasteiger partial charge in [0, 0.05) is 6.92 Å². The number of fused-ring (bicyclic) bond motifs is 5. The fourth-order valence-corrected chi connectivity index (χ4v) is 2.37. The Morgan fingerprint density at radius 3 is 3.12 bits per heavy atom. The van der Waals surface area contributed by atoms with E-state index in [-0.39, 0.29) is 18.7 Å². The van der Waals surface area contributed by atoms with Crippen LogP contribution >= 0.6 is 0 Å². The highest BCUT2D eigenvalue weighted by Gasteiger charge is 2.47. The molecule has 1 aromatic carbocycles. The van der Waals surface area contributed by atoms with E-state index in [9.17, 15) is 4.79 Å². The summed E-state index contributed by atoms with van der Waals surface area (Å²) in [6, 6.07) is 8.06. The third-order valence-electron chi connectivity index (χ3n) is 3.09. The van der Waals surface area contributed by atoms with Gasteiger partial charge in [-0.15, -0.1) is 0 Å². The highest BCUT2D eigenvalue weighted by atomic mass is 16.6. The molecule has 0 saturated carbocycles. The lowest BCUT2D eigenvalue weighted by atomic mass is 9.88. The number of benzene rings is 1. The summed E-state index contributed by atoms with van der Waals surface area (Å²) in [5.74, 6) is -0.279. The second kappa shape index (κ2) is 3.19. The Morgan fingerprint density at radius 2 is 2.31 bits per heavy atom. The summed E-state index contributed by atoms with van der Waals surface area (Å²) in [7, 11) is 0. The topological polar surface area (TPSA) is 35.5 Å². The normalized spacial score (nSPS) is 29.2. The maximum atomic E-state index is 10.9. The summed E-state index contributed by atoms with van der Waals surface area (Å²) in [6.07, 6.45) is 4.03. The van der Waals surface area contributed by atoms with Crippen molar-refractivity contribution in [1.82, 2.24) is 0 Å². The largest absolute Gasteiger partial charge is 0.462 e. The molecule has 0 fully saturated rings. The van der Waals surface area contributed by atoms with Crippen LogP contribution in [0.4, 0.5) is 0 Å². The second-order valence-electron chi connectivity index (χ2n) is 4.15. The Balaban J connectivity index is 1.97. The van der Waals surface area contributed by atoms with Crippen molar-refractivity contribution in [2.45, 2.75) is 18.6 Å². The zero-order valence-electron chi connectivity index (χ0n) is 8.97. The third-order valence-corrected chi connectivity index (χ3v) is 3.09. The number of carbonyl (C=O) groups excluding carboxylic acids is 1. The molecule has 16 heavy (non-hydrogen) atoms. The van der Waals surface area contributed by atoms with Crippen LogP contribution in [0.2, 0.25) is 0 Å². The molecule has 3 nitrogen and oxygen atoms in total. The average molecular weight is 216 g/mol. The molecule has 2 atom stereocenters. The third kappa shape index (κ3) is 1.21. The Bertz CT molecular complexity index is 478. The molecule has 2 aliphatic rings. The fourth-order valence-electron chi connectivity index (χ4n) is 2.37. The average Bonchev–Trinajstić information content (AvgIpc) is 2.84. The van der Waals surface area contributed by atoms with Crippen LogP contribution in [0.15, 0.2) is 36.4 Å². The highest BCUT2D eigenvalue weighted by Crippen LogP contribution is 2.50. The van der Waals surface area contributed by atoms with Gasteiger partial charge in [-0.3, -0.25) is 4.79 Å². The van der Waals surface area contributed by atoms with Crippen LogP contribution < -0.4 is 0 Å². The summed E-state index contributed by atoms with van der Waals surface area (Å²) in [6.45, 7) is 1.67. The van der Waals surface area contributed by atoms with Crippen molar-refractivity contribution in [3.63, 3.8) is 0 Å². The van der Waals surface area contributed by atoms with Crippen LogP contribution in [0.5, 0.6) is 0 Å². The molecule has 2 bridgehead atoms. The van der Waals surface area contributed by atoms with Crippen molar-refractivity contribution in [1.29, 1.82) is 0 Å². The standard InChI is InChI=1S/C13H12O3/c1-9(14)15-8-13-7-6-12(16-13)10-4-2-3-5-11(10)13/h2-7,12H,8H2,1H3/t12-,13-/m0/s1. The molecule has 3 rings (SSSR count). The van der Waals surface area contributed by atoms with E-state index < -0.39 is 5.60 Å². The van der Waals surface area contributed by atoms with Gasteiger partial charge >= 0.3 is 5.97 Å². The van der Waals surface area contributed by atoms with Crippen LogP contribution in [0.25, 0.3) is 0 Å². The zero-order valence-corrected chi connectivity index (χ0v) is 8.97. The molecule has 1 aromatic rings. The molecular formula is C13H12O3. The van der Waals surface area contributed by atoms with Crippen molar-refractivity contribution < 1.29 is 14.3 Å². The summed E-state index contributed by atoms with van der Waals surface area (Å²) in [5, 5.41) is 0. The molecule has 0 aromatic heterocycles. The predicted octanol–water partition coefficient (Wildman–Crippen LogP) is 2.09. The first-order chi connectivity index (χ1) is 7.71. The van der Waals surface area contributed by atoms with Gasteiger partial charge in [0.25, 0.3) is 0 Å². The zero-order chi connectivity index (χ0) is 11.2. The molecule has 0 radical (unpaired) electrons. The van der Waals surface area contributed by atoms with Crippen molar-refractivity contribution >= 4 is 5.97 Å². The van der Waals surface area contributed by atoms with Crippen LogP contribution in [0, 0.1) is 0 Å². The van der Waals surface area contributed by atoms with E-state index >= 15 is 0 Å². The molecule has 0 unspecified atom stereocenters. The maximum Gasteiger partial charge on any atom is 0.302 e. The minimum Gasteiger partial charge on any atom is -0.462 e. The molecule has 3 heteroatoms. The lowest BCUT2D eigenvalue weighted by molar-refractivity contribution is -0.149. The van der Waals surface area contributed by atoms with Crippen LogP contribution in [-0.4, -0.2) is 12.6 Å². The van der Waals surface area contributed by atoms with Gasteiger partial charge in [0.2, 0.25) is 0 Å². The number of hydrogen-bond acceptors (Lipinski definition) is 3. The van der Waals surface area contributed by atoms with Gasteiger partial charge < -0.3 is 9.47 Å². The number of ether oxygens (including phenoxy) is 2. The highest BCUT2D eigenvalue weighted by molar-refractivity contribution is 5.66. The lowest BCUT2D eigenvalue weighted by Gasteiger charge is -2.23. The first-order valence-corrected chi connectivity index (χ1v) is 5.31. The van der Waals surface area contributed by atoms with E-state index in [2.05, 4.69) is 6.07 Å². The monoisotopic (exact) mass is 216 g/mol. The minimum atomic E-state index is -0.549. The summed E-state index contributed by atoms with van der Waals surface area (Å²) in [4.78, 5) is 10.9. The summed E-state index contributed by atoms with van der Waals surface area (Å²) >= 11 is 0. The number of esters is 1. The SMILES string of the molecule is CC(=O)OC[C@]12C=C[C@H](O1)c1ccccc12. The molecule has 2 heterocycles. The first kappa shape index (κ1) is 9.60. The predicted molar refractivity (Wildman–Crippen MR) is 57.7 cm³/mol. The molecule has 0 amide bonds. The van der Waals surface area contributed by atoms with E-state index in [4.69, 9.17) is 9.47 Å². The van der Waals surface area contributed by atoms with Crippen molar-refractivity contribution in [3.8, 4) is 0 Å².